The van der Waals surface area contributed by atoms with Gasteiger partial charge in [0, 0.05) is 9.35 Å². The van der Waals surface area contributed by atoms with Gasteiger partial charge in [-0.25, -0.2) is 4.98 Å². The van der Waals surface area contributed by atoms with Gasteiger partial charge in [-0.1, -0.05) is 19.1 Å². The summed E-state index contributed by atoms with van der Waals surface area (Å²) in [5.41, 5.74) is 0.952. The molecule has 1 N–H and O–H groups in total. The van der Waals surface area contributed by atoms with Crippen molar-refractivity contribution in [2.24, 2.45) is 0 Å². The topological polar surface area (TPSA) is 37.8 Å². The SMILES string of the molecule is CCc1cc2c(Nc3ccccc3Br)nc(Cl)nc2s1. The molecule has 2 heterocycles. The lowest BCUT2D eigenvalue weighted by atomic mass is 10.3. The van der Waals surface area contributed by atoms with Crippen LogP contribution in [0.15, 0.2) is 34.8 Å². The third-order valence-corrected chi connectivity index (χ3v) is 4.93. The normalized spacial score (nSPS) is 10.9. The van der Waals surface area contributed by atoms with E-state index in [0.29, 0.717) is 0 Å². The van der Waals surface area contributed by atoms with E-state index in [9.17, 15) is 0 Å². The Hall–Kier alpha value is -1.17. The number of para-hydroxylation sites is 1. The van der Waals surface area contributed by atoms with Crippen LogP contribution in [-0.2, 0) is 6.42 Å². The molecule has 20 heavy (non-hydrogen) atoms. The number of nitrogens with zero attached hydrogens (tertiary/aromatic N) is 2. The second-order valence-corrected chi connectivity index (χ2v) is 6.54. The maximum absolute atomic E-state index is 6.02. The number of aryl methyl sites for hydroxylation is 1. The number of benzene rings is 1. The Labute approximate surface area is 134 Å². The second-order valence-electron chi connectivity index (χ2n) is 4.23. The number of halogens is 2. The van der Waals surface area contributed by atoms with E-state index in [-0.39, 0.29) is 5.28 Å². The van der Waals surface area contributed by atoms with Crippen molar-refractivity contribution in [1.29, 1.82) is 0 Å². The van der Waals surface area contributed by atoms with Crippen LogP contribution in [0, 0.1) is 0 Å². The molecule has 6 heteroatoms. The third kappa shape index (κ3) is 2.66. The van der Waals surface area contributed by atoms with Crippen LogP contribution in [0.2, 0.25) is 5.28 Å². The molecule has 0 amide bonds. The molecule has 0 fully saturated rings. The summed E-state index contributed by atoms with van der Waals surface area (Å²) in [4.78, 5) is 10.8. The number of thiophene rings is 1. The number of nitrogens with one attached hydrogen (secondary N) is 1. The molecule has 0 saturated carbocycles. The number of anilines is 2. The van der Waals surface area contributed by atoms with Gasteiger partial charge in [0.25, 0.3) is 0 Å². The number of rotatable bonds is 3. The molecule has 0 aliphatic rings. The lowest BCUT2D eigenvalue weighted by Crippen LogP contribution is -1.96. The molecule has 2 aromatic heterocycles. The van der Waals surface area contributed by atoms with Crippen molar-refractivity contribution in [3.63, 3.8) is 0 Å². The standard InChI is InChI=1S/C14H11BrClN3S/c1-2-8-7-9-12(18-14(16)19-13(9)20-8)17-11-6-4-3-5-10(11)15/h3-7H,2H2,1H3,(H,17,18,19). The quantitative estimate of drug-likeness (QED) is 0.628. The summed E-state index contributed by atoms with van der Waals surface area (Å²) in [6.07, 6.45) is 0.979. The molecule has 3 rings (SSSR count). The number of hydrogen-bond donors (Lipinski definition) is 1. The van der Waals surface area contributed by atoms with Crippen LogP contribution in [-0.4, -0.2) is 9.97 Å². The molecule has 0 aliphatic carbocycles. The molecule has 0 spiro atoms. The summed E-state index contributed by atoms with van der Waals surface area (Å²) in [7, 11) is 0. The van der Waals surface area contributed by atoms with Crippen LogP contribution >= 0.6 is 38.9 Å². The average Bonchev–Trinajstić information content (AvgIpc) is 2.84. The highest BCUT2D eigenvalue weighted by Gasteiger charge is 2.11. The van der Waals surface area contributed by atoms with Crippen LogP contribution < -0.4 is 5.32 Å². The van der Waals surface area contributed by atoms with Crippen molar-refractivity contribution in [1.82, 2.24) is 9.97 Å². The van der Waals surface area contributed by atoms with E-state index in [4.69, 9.17) is 11.6 Å². The number of aromatic nitrogens is 2. The Kier molecular flexibility index (Phi) is 3.92. The molecule has 0 saturated heterocycles. The molecular weight excluding hydrogens is 358 g/mol. The summed E-state index contributed by atoms with van der Waals surface area (Å²) >= 11 is 11.2. The minimum Gasteiger partial charge on any atom is -0.339 e. The van der Waals surface area contributed by atoms with Gasteiger partial charge in [0.05, 0.1) is 11.1 Å². The Morgan fingerprint density at radius 2 is 2.10 bits per heavy atom. The molecule has 3 nitrogen and oxygen atoms in total. The van der Waals surface area contributed by atoms with Gasteiger partial charge in [0.15, 0.2) is 0 Å². The molecule has 0 radical (unpaired) electrons. The maximum Gasteiger partial charge on any atom is 0.225 e. The molecule has 3 aromatic rings. The molecule has 0 aliphatic heterocycles. The maximum atomic E-state index is 6.02. The van der Waals surface area contributed by atoms with Crippen molar-refractivity contribution < 1.29 is 0 Å². The predicted molar refractivity (Wildman–Crippen MR) is 89.2 cm³/mol. The summed E-state index contributed by atoms with van der Waals surface area (Å²) in [5, 5.41) is 4.58. The highest BCUT2D eigenvalue weighted by Crippen LogP contribution is 2.33. The minimum atomic E-state index is 0.261. The van der Waals surface area contributed by atoms with Crippen molar-refractivity contribution >= 4 is 60.6 Å². The Balaban J connectivity index is 2.11. The van der Waals surface area contributed by atoms with Crippen LogP contribution in [0.4, 0.5) is 11.5 Å². The fourth-order valence-corrected chi connectivity index (χ4v) is 3.48. The van der Waals surface area contributed by atoms with Gasteiger partial charge in [-0.05, 0) is 52.2 Å². The van der Waals surface area contributed by atoms with Gasteiger partial charge >= 0.3 is 0 Å². The van der Waals surface area contributed by atoms with E-state index in [0.717, 1.165) is 32.6 Å². The summed E-state index contributed by atoms with van der Waals surface area (Å²) in [6.45, 7) is 2.13. The lowest BCUT2D eigenvalue weighted by Gasteiger charge is -2.08. The number of hydrogen-bond acceptors (Lipinski definition) is 4. The van der Waals surface area contributed by atoms with Gasteiger partial charge in [0.2, 0.25) is 5.28 Å². The first-order valence-corrected chi connectivity index (χ1v) is 8.13. The average molecular weight is 369 g/mol. The van der Waals surface area contributed by atoms with Gasteiger partial charge < -0.3 is 5.32 Å². The second kappa shape index (κ2) is 5.68. The van der Waals surface area contributed by atoms with Crippen LogP contribution in [0.25, 0.3) is 10.2 Å². The van der Waals surface area contributed by atoms with Gasteiger partial charge in [-0.15, -0.1) is 11.3 Å². The minimum absolute atomic E-state index is 0.261. The smallest absolute Gasteiger partial charge is 0.225 e. The van der Waals surface area contributed by atoms with Crippen molar-refractivity contribution in [3.8, 4) is 0 Å². The monoisotopic (exact) mass is 367 g/mol. The van der Waals surface area contributed by atoms with Crippen molar-refractivity contribution in [3.05, 3.63) is 45.0 Å². The Morgan fingerprint density at radius 3 is 2.85 bits per heavy atom. The zero-order valence-corrected chi connectivity index (χ0v) is 13.8. The van der Waals surface area contributed by atoms with E-state index in [1.165, 1.54) is 4.88 Å². The highest BCUT2D eigenvalue weighted by molar-refractivity contribution is 9.10. The Bertz CT molecular complexity index is 772. The van der Waals surface area contributed by atoms with Crippen molar-refractivity contribution in [2.75, 3.05) is 5.32 Å². The van der Waals surface area contributed by atoms with Crippen molar-refractivity contribution in [2.45, 2.75) is 13.3 Å². The highest BCUT2D eigenvalue weighted by atomic mass is 79.9. The van der Waals surface area contributed by atoms with E-state index in [1.54, 1.807) is 11.3 Å². The molecule has 1 aromatic carbocycles. The molecule has 102 valence electrons. The predicted octanol–water partition coefficient (Wildman–Crippen LogP) is 5.41. The van der Waals surface area contributed by atoms with E-state index in [2.05, 4.69) is 44.2 Å². The van der Waals surface area contributed by atoms with Crippen LogP contribution in [0.3, 0.4) is 0 Å². The third-order valence-electron chi connectivity index (χ3n) is 2.89. The van der Waals surface area contributed by atoms with E-state index < -0.39 is 0 Å². The zero-order valence-electron chi connectivity index (χ0n) is 10.7. The van der Waals surface area contributed by atoms with Crippen LogP contribution in [0.5, 0.6) is 0 Å². The van der Waals surface area contributed by atoms with Gasteiger partial charge in [-0.3, -0.25) is 0 Å². The number of fused-ring (bicyclic) bond motifs is 1. The zero-order chi connectivity index (χ0) is 14.1. The summed E-state index contributed by atoms with van der Waals surface area (Å²) < 4.78 is 0.980. The Morgan fingerprint density at radius 1 is 1.30 bits per heavy atom. The fraction of sp³-hybridized carbons (Fsp3) is 0.143. The largest absolute Gasteiger partial charge is 0.339 e. The first-order valence-electron chi connectivity index (χ1n) is 6.15. The first kappa shape index (κ1) is 13.8. The molecule has 0 unspecified atom stereocenters. The van der Waals surface area contributed by atoms with Gasteiger partial charge in [0.1, 0.15) is 10.6 Å². The van der Waals surface area contributed by atoms with Crippen LogP contribution in [0.1, 0.15) is 11.8 Å². The molecule has 0 atom stereocenters. The van der Waals surface area contributed by atoms with E-state index in [1.807, 2.05) is 24.3 Å². The fourth-order valence-electron chi connectivity index (χ4n) is 1.90. The molecule has 0 bridgehead atoms. The lowest BCUT2D eigenvalue weighted by molar-refractivity contribution is 1.19. The summed E-state index contributed by atoms with van der Waals surface area (Å²) in [5.74, 6) is 0.739. The van der Waals surface area contributed by atoms with Gasteiger partial charge in [-0.2, -0.15) is 4.98 Å². The first-order chi connectivity index (χ1) is 9.67. The summed E-state index contributed by atoms with van der Waals surface area (Å²) in [6, 6.07) is 10.0. The molecular formula is C14H11BrClN3S. The van der Waals surface area contributed by atoms with E-state index >= 15 is 0 Å².